The zero-order valence-electron chi connectivity index (χ0n) is 22.1. The molecule has 13 heteroatoms. The first-order valence-corrected chi connectivity index (χ1v) is 13.3. The molecule has 0 saturated carbocycles. The molecule has 1 aromatic rings. The lowest BCUT2D eigenvalue weighted by Gasteiger charge is -2.34. The van der Waals surface area contributed by atoms with Gasteiger partial charge in [-0.2, -0.15) is 0 Å². The smallest absolute Gasteiger partial charge is 0.303 e. The van der Waals surface area contributed by atoms with Crippen molar-refractivity contribution in [2.75, 3.05) is 32.7 Å². The van der Waals surface area contributed by atoms with Crippen LogP contribution in [0.2, 0.25) is 0 Å². The number of aldehydes is 1. The molecule has 0 bridgehead atoms. The Bertz CT molecular complexity index is 961. The summed E-state index contributed by atoms with van der Waals surface area (Å²) < 4.78 is 0. The standard InChI is InChI=1S/C26H39N7O6/c27-30-16-24(36)29-15-23(35)28-13-5-4-10-22(26(38)33-14-6-9-20(17-33)18-34)31-21(25(37)32-39)12-11-19-7-2-1-3-8-19/h1-3,7-8,18,20-22,30-31H,4-6,9-17,27H2,(H,28,35)(H,29,36). The van der Waals surface area contributed by atoms with Crippen molar-refractivity contribution in [3.8, 4) is 0 Å². The molecule has 1 heterocycles. The second-order valence-electron chi connectivity index (χ2n) is 9.55. The third-order valence-electron chi connectivity index (χ3n) is 6.57. The number of carbonyl (C=O) groups is 5. The molecule has 2 rings (SSSR count). The van der Waals surface area contributed by atoms with Gasteiger partial charge in [0.25, 0.3) is 0 Å². The minimum Gasteiger partial charge on any atom is -0.355 e. The second kappa shape index (κ2) is 17.9. The van der Waals surface area contributed by atoms with Gasteiger partial charge in [0.2, 0.25) is 17.7 Å². The summed E-state index contributed by atoms with van der Waals surface area (Å²) in [6, 6.07) is 7.79. The number of likely N-dealkylation sites (tertiary alicyclic amines) is 1. The van der Waals surface area contributed by atoms with Gasteiger partial charge in [0.15, 0.2) is 0 Å². The molecule has 0 aliphatic carbocycles. The van der Waals surface area contributed by atoms with E-state index in [1.165, 1.54) is 0 Å². The number of unbranched alkanes of at least 4 members (excludes halogenated alkanes) is 1. The third kappa shape index (κ3) is 11.8. The number of amides is 4. The largest absolute Gasteiger partial charge is 0.355 e. The lowest BCUT2D eigenvalue weighted by Crippen LogP contribution is -2.54. The predicted octanol–water partition coefficient (Wildman–Crippen LogP) is -0.457. The maximum absolute atomic E-state index is 13.5. The molecule has 3 atom stereocenters. The Balaban J connectivity index is 1.97. The van der Waals surface area contributed by atoms with Crippen LogP contribution in [-0.2, 0) is 30.4 Å². The molecular formula is C26H39N7O6. The Morgan fingerprint density at radius 2 is 1.77 bits per heavy atom. The fourth-order valence-electron chi connectivity index (χ4n) is 4.46. The number of aryl methyl sites for hydroxylation is 1. The topological polar surface area (TPSA) is 192 Å². The Hall–Kier alpha value is -3.55. The van der Waals surface area contributed by atoms with Crippen molar-refractivity contribution >= 4 is 29.9 Å². The maximum atomic E-state index is 13.5. The van der Waals surface area contributed by atoms with Gasteiger partial charge in [-0.1, -0.05) is 30.3 Å². The van der Waals surface area contributed by atoms with E-state index >= 15 is 0 Å². The van der Waals surface area contributed by atoms with E-state index in [2.05, 4.69) is 26.6 Å². The summed E-state index contributed by atoms with van der Waals surface area (Å²) >= 11 is 0. The Labute approximate surface area is 227 Å². The molecule has 1 aliphatic heterocycles. The second-order valence-corrected chi connectivity index (χ2v) is 9.55. The maximum Gasteiger partial charge on any atom is 0.303 e. The molecule has 6 N–H and O–H groups in total. The number of benzene rings is 1. The first-order chi connectivity index (χ1) is 18.9. The number of piperidine rings is 1. The van der Waals surface area contributed by atoms with Gasteiger partial charge in [0.05, 0.1) is 25.2 Å². The summed E-state index contributed by atoms with van der Waals surface area (Å²) in [5, 5.41) is 10.8. The number of nitroso groups, excluding NO2 is 1. The van der Waals surface area contributed by atoms with Crippen LogP contribution in [0.4, 0.5) is 0 Å². The van der Waals surface area contributed by atoms with Crippen LogP contribution in [0.5, 0.6) is 0 Å². The van der Waals surface area contributed by atoms with Crippen molar-refractivity contribution in [2.24, 2.45) is 16.9 Å². The van der Waals surface area contributed by atoms with Crippen LogP contribution in [0, 0.1) is 10.8 Å². The summed E-state index contributed by atoms with van der Waals surface area (Å²) in [5.41, 5.74) is 3.19. The van der Waals surface area contributed by atoms with E-state index in [0.29, 0.717) is 51.7 Å². The Morgan fingerprint density at radius 3 is 2.46 bits per heavy atom. The van der Waals surface area contributed by atoms with E-state index in [0.717, 1.165) is 18.3 Å². The Kier molecular flexibility index (Phi) is 14.5. The van der Waals surface area contributed by atoms with E-state index in [1.54, 1.807) is 4.90 Å². The lowest BCUT2D eigenvalue weighted by molar-refractivity contribution is -0.136. The lowest BCUT2D eigenvalue weighted by atomic mass is 9.97. The fraction of sp³-hybridized carbons (Fsp3) is 0.577. The van der Waals surface area contributed by atoms with Crippen molar-refractivity contribution in [3.05, 3.63) is 40.8 Å². The molecule has 4 amide bonds. The first-order valence-electron chi connectivity index (χ1n) is 13.3. The van der Waals surface area contributed by atoms with Gasteiger partial charge in [-0.25, -0.2) is 0 Å². The third-order valence-corrected chi connectivity index (χ3v) is 6.57. The first kappa shape index (κ1) is 31.7. The predicted molar refractivity (Wildman–Crippen MR) is 144 cm³/mol. The van der Waals surface area contributed by atoms with Crippen molar-refractivity contribution in [3.63, 3.8) is 0 Å². The molecule has 39 heavy (non-hydrogen) atoms. The monoisotopic (exact) mass is 545 g/mol. The van der Waals surface area contributed by atoms with Gasteiger partial charge in [0.1, 0.15) is 6.29 Å². The highest BCUT2D eigenvalue weighted by molar-refractivity contribution is 5.86. The Morgan fingerprint density at radius 1 is 1.03 bits per heavy atom. The van der Waals surface area contributed by atoms with Gasteiger partial charge >= 0.3 is 5.91 Å². The molecule has 1 saturated heterocycles. The molecule has 0 aromatic heterocycles. The molecule has 0 spiro atoms. The minimum absolute atomic E-state index is 0.102. The van der Waals surface area contributed by atoms with Crippen molar-refractivity contribution in [1.29, 1.82) is 0 Å². The highest BCUT2D eigenvalue weighted by Crippen LogP contribution is 2.18. The molecule has 1 aliphatic rings. The van der Waals surface area contributed by atoms with E-state index in [-0.39, 0.29) is 37.2 Å². The van der Waals surface area contributed by atoms with E-state index in [4.69, 9.17) is 5.84 Å². The highest BCUT2D eigenvalue weighted by atomic mass is 16.3. The van der Waals surface area contributed by atoms with E-state index in [1.807, 2.05) is 30.3 Å². The molecule has 1 aromatic carbocycles. The zero-order valence-corrected chi connectivity index (χ0v) is 22.1. The van der Waals surface area contributed by atoms with Crippen LogP contribution in [0.1, 0.15) is 44.1 Å². The molecule has 0 radical (unpaired) electrons. The number of nitrogens with zero attached hydrogens (tertiary/aromatic N) is 2. The number of nitrogens with one attached hydrogen (secondary N) is 4. The normalized spacial score (nSPS) is 16.5. The SMILES string of the molecule is NNCC(=O)NCC(=O)NCCCCC(NC(CCc1ccccc1)C(=O)N=O)C(=O)N1CCCC(C=O)C1. The summed E-state index contributed by atoms with van der Waals surface area (Å²) in [7, 11) is 0. The fourth-order valence-corrected chi connectivity index (χ4v) is 4.46. The van der Waals surface area contributed by atoms with Crippen molar-refractivity contribution in [2.45, 2.75) is 57.0 Å². The van der Waals surface area contributed by atoms with Crippen LogP contribution in [0.25, 0.3) is 0 Å². The molecule has 3 unspecified atom stereocenters. The number of carbonyl (C=O) groups excluding carboxylic acids is 5. The molecule has 13 nitrogen and oxygen atoms in total. The number of rotatable bonds is 17. The van der Waals surface area contributed by atoms with Gasteiger partial charge < -0.3 is 20.3 Å². The quantitative estimate of drug-likeness (QED) is 0.0566. The van der Waals surface area contributed by atoms with E-state index < -0.39 is 23.9 Å². The summed E-state index contributed by atoms with van der Waals surface area (Å²) in [4.78, 5) is 73.2. The van der Waals surface area contributed by atoms with Crippen LogP contribution in [0.15, 0.2) is 35.5 Å². The van der Waals surface area contributed by atoms with Gasteiger partial charge in [-0.3, -0.25) is 35.8 Å². The molecular weight excluding hydrogens is 506 g/mol. The number of hydrogen-bond acceptors (Lipinski definition) is 9. The van der Waals surface area contributed by atoms with E-state index in [9.17, 15) is 28.9 Å². The average molecular weight is 546 g/mol. The summed E-state index contributed by atoms with van der Waals surface area (Å²) in [5.74, 6) is 2.96. The summed E-state index contributed by atoms with van der Waals surface area (Å²) in [6.45, 7) is 0.872. The average Bonchev–Trinajstić information content (AvgIpc) is 2.96. The van der Waals surface area contributed by atoms with Crippen molar-refractivity contribution < 1.29 is 24.0 Å². The van der Waals surface area contributed by atoms with Gasteiger partial charge in [-0.15, -0.1) is 4.91 Å². The van der Waals surface area contributed by atoms with Crippen molar-refractivity contribution in [1.82, 2.24) is 26.3 Å². The minimum atomic E-state index is -0.936. The van der Waals surface area contributed by atoms with Crippen LogP contribution >= 0.6 is 0 Å². The number of hydrogen-bond donors (Lipinski definition) is 5. The van der Waals surface area contributed by atoms with Crippen LogP contribution in [0.3, 0.4) is 0 Å². The van der Waals surface area contributed by atoms with Gasteiger partial charge in [0, 0.05) is 30.7 Å². The van der Waals surface area contributed by atoms with Crippen LogP contribution < -0.4 is 27.2 Å². The molecule has 214 valence electrons. The molecule has 1 fully saturated rings. The highest BCUT2D eigenvalue weighted by Gasteiger charge is 2.32. The zero-order chi connectivity index (χ0) is 28.5. The van der Waals surface area contributed by atoms with Gasteiger partial charge in [-0.05, 0) is 50.5 Å². The summed E-state index contributed by atoms with van der Waals surface area (Å²) in [6.07, 6.45) is 4.52. The van der Waals surface area contributed by atoms with Crippen LogP contribution in [-0.4, -0.2) is 79.6 Å². The number of nitrogens with two attached hydrogens (primary N) is 1. The number of hydrazine groups is 1.